The molecule has 118 valence electrons. The Labute approximate surface area is 134 Å². The van der Waals surface area contributed by atoms with Gasteiger partial charge in [-0.2, -0.15) is 0 Å². The third-order valence-electron chi connectivity index (χ3n) is 3.91. The maximum absolute atomic E-state index is 12.5. The van der Waals surface area contributed by atoms with Gasteiger partial charge in [-0.3, -0.25) is 4.79 Å². The molecular weight excluding hydrogens is 290 g/mol. The minimum absolute atomic E-state index is 0.178. The molecule has 1 amide bonds. The summed E-state index contributed by atoms with van der Waals surface area (Å²) in [6, 6.07) is 11.0. The number of fused-ring (bicyclic) bond motifs is 1. The predicted octanol–water partition coefficient (Wildman–Crippen LogP) is 3.47. The number of nitrogens with zero attached hydrogens (tertiary/aromatic N) is 2. The van der Waals surface area contributed by atoms with Crippen molar-refractivity contribution >= 4 is 17.2 Å². The highest BCUT2D eigenvalue weighted by molar-refractivity contribution is 6.05. The summed E-state index contributed by atoms with van der Waals surface area (Å²) in [4.78, 5) is 17.1. The smallest absolute Gasteiger partial charge is 0.257 e. The number of rotatable bonds is 4. The highest BCUT2D eigenvalue weighted by Gasteiger charge is 2.12. The van der Waals surface area contributed by atoms with Crippen LogP contribution in [-0.2, 0) is 6.42 Å². The number of ether oxygens (including phenoxy) is 1. The topological polar surface area (TPSA) is 55.6 Å². The first-order valence-corrected chi connectivity index (χ1v) is 7.56. The number of aryl methyl sites for hydroxylation is 2. The van der Waals surface area contributed by atoms with Crippen LogP contribution >= 0.6 is 0 Å². The summed E-state index contributed by atoms with van der Waals surface area (Å²) in [5.74, 6) is 0.455. The number of pyridine rings is 1. The van der Waals surface area contributed by atoms with E-state index < -0.39 is 0 Å². The van der Waals surface area contributed by atoms with Crippen LogP contribution in [0.1, 0.15) is 28.7 Å². The van der Waals surface area contributed by atoms with E-state index in [1.807, 2.05) is 47.9 Å². The monoisotopic (exact) mass is 309 g/mol. The molecular formula is C18H19N3O2. The van der Waals surface area contributed by atoms with Gasteiger partial charge in [0.15, 0.2) is 0 Å². The highest BCUT2D eigenvalue weighted by atomic mass is 16.5. The van der Waals surface area contributed by atoms with Crippen LogP contribution in [0.4, 0.5) is 5.69 Å². The van der Waals surface area contributed by atoms with Crippen molar-refractivity contribution in [1.29, 1.82) is 0 Å². The molecule has 0 aliphatic carbocycles. The number of hydrogen-bond donors (Lipinski definition) is 1. The van der Waals surface area contributed by atoms with Crippen LogP contribution in [-0.4, -0.2) is 22.4 Å². The summed E-state index contributed by atoms with van der Waals surface area (Å²) in [5.41, 5.74) is 4.19. The van der Waals surface area contributed by atoms with Gasteiger partial charge in [-0.25, -0.2) is 4.98 Å². The third kappa shape index (κ3) is 2.77. The van der Waals surface area contributed by atoms with Crippen LogP contribution in [0.5, 0.6) is 5.75 Å². The lowest BCUT2D eigenvalue weighted by Crippen LogP contribution is -2.13. The molecule has 2 aromatic heterocycles. The van der Waals surface area contributed by atoms with Crippen molar-refractivity contribution in [2.75, 3.05) is 12.4 Å². The van der Waals surface area contributed by atoms with Gasteiger partial charge in [0.05, 0.1) is 24.1 Å². The summed E-state index contributed by atoms with van der Waals surface area (Å²) in [6.07, 6.45) is 2.69. The molecule has 1 aromatic carbocycles. The number of imidazole rings is 1. The molecule has 23 heavy (non-hydrogen) atoms. The zero-order valence-corrected chi connectivity index (χ0v) is 13.5. The van der Waals surface area contributed by atoms with E-state index in [1.165, 1.54) is 0 Å². The Balaban J connectivity index is 1.93. The molecule has 3 aromatic rings. The Morgan fingerprint density at radius 2 is 2.04 bits per heavy atom. The van der Waals surface area contributed by atoms with E-state index in [0.717, 1.165) is 23.5 Å². The first-order valence-electron chi connectivity index (χ1n) is 7.56. The zero-order chi connectivity index (χ0) is 16.4. The molecule has 0 unspecified atom stereocenters. The number of hydrogen-bond acceptors (Lipinski definition) is 3. The normalized spacial score (nSPS) is 10.7. The largest absolute Gasteiger partial charge is 0.495 e. The second kappa shape index (κ2) is 6.12. The minimum Gasteiger partial charge on any atom is -0.495 e. The molecule has 0 saturated heterocycles. The summed E-state index contributed by atoms with van der Waals surface area (Å²) >= 11 is 0. The second-order valence-electron chi connectivity index (χ2n) is 5.30. The van der Waals surface area contributed by atoms with E-state index in [1.54, 1.807) is 13.2 Å². The van der Waals surface area contributed by atoms with E-state index in [9.17, 15) is 4.79 Å². The number of benzene rings is 1. The van der Waals surface area contributed by atoms with Crippen LogP contribution in [0, 0.1) is 6.92 Å². The fourth-order valence-electron chi connectivity index (χ4n) is 2.62. The Bertz CT molecular complexity index is 868. The van der Waals surface area contributed by atoms with Crippen molar-refractivity contribution in [3.8, 4) is 5.75 Å². The van der Waals surface area contributed by atoms with Crippen LogP contribution in [0.3, 0.4) is 0 Å². The van der Waals surface area contributed by atoms with Gasteiger partial charge in [0.2, 0.25) is 0 Å². The summed E-state index contributed by atoms with van der Waals surface area (Å²) in [7, 11) is 1.58. The second-order valence-corrected chi connectivity index (χ2v) is 5.30. The first-order chi connectivity index (χ1) is 11.1. The minimum atomic E-state index is -0.178. The van der Waals surface area contributed by atoms with Crippen molar-refractivity contribution < 1.29 is 9.53 Å². The predicted molar refractivity (Wildman–Crippen MR) is 90.3 cm³/mol. The molecule has 0 aliphatic rings. The van der Waals surface area contributed by atoms with Crippen LogP contribution < -0.4 is 10.1 Å². The van der Waals surface area contributed by atoms with Gasteiger partial charge in [0.1, 0.15) is 11.4 Å². The van der Waals surface area contributed by atoms with Crippen molar-refractivity contribution in [3.05, 3.63) is 59.5 Å². The summed E-state index contributed by atoms with van der Waals surface area (Å²) < 4.78 is 7.21. The lowest BCUT2D eigenvalue weighted by molar-refractivity contribution is 0.102. The Hall–Kier alpha value is -2.82. The van der Waals surface area contributed by atoms with Crippen molar-refractivity contribution in [1.82, 2.24) is 9.38 Å². The number of anilines is 1. The average Bonchev–Trinajstić information content (AvgIpc) is 2.91. The van der Waals surface area contributed by atoms with E-state index in [4.69, 9.17) is 4.74 Å². The number of methoxy groups -OCH3 is 1. The number of amides is 1. The van der Waals surface area contributed by atoms with Gasteiger partial charge in [0, 0.05) is 11.9 Å². The molecule has 5 heteroatoms. The van der Waals surface area contributed by atoms with E-state index in [0.29, 0.717) is 17.0 Å². The summed E-state index contributed by atoms with van der Waals surface area (Å²) in [5, 5.41) is 2.89. The average molecular weight is 309 g/mol. The molecule has 5 nitrogen and oxygen atoms in total. The van der Waals surface area contributed by atoms with Crippen molar-refractivity contribution in [2.24, 2.45) is 0 Å². The van der Waals surface area contributed by atoms with Crippen LogP contribution in [0.25, 0.3) is 5.65 Å². The summed E-state index contributed by atoms with van der Waals surface area (Å²) in [6.45, 7) is 4.09. The molecule has 0 atom stereocenters. The Morgan fingerprint density at radius 1 is 1.26 bits per heavy atom. The number of para-hydroxylation sites is 2. The third-order valence-corrected chi connectivity index (χ3v) is 3.91. The fourth-order valence-corrected chi connectivity index (χ4v) is 2.62. The standard InChI is InChI=1S/C18H19N3O2/c1-4-14-12(2)21-11-13(9-10-17(21)19-14)18(22)20-15-7-5-6-8-16(15)23-3/h5-11H,4H2,1-3H3,(H,20,22). The molecule has 0 bridgehead atoms. The fraction of sp³-hybridized carbons (Fsp3) is 0.222. The van der Waals surface area contributed by atoms with Crippen molar-refractivity contribution in [3.63, 3.8) is 0 Å². The van der Waals surface area contributed by atoms with Gasteiger partial charge in [-0.1, -0.05) is 19.1 Å². The molecule has 0 aliphatic heterocycles. The van der Waals surface area contributed by atoms with Gasteiger partial charge in [-0.15, -0.1) is 0 Å². The molecule has 2 heterocycles. The van der Waals surface area contributed by atoms with Gasteiger partial charge in [0.25, 0.3) is 5.91 Å². The molecule has 0 fully saturated rings. The Kier molecular flexibility index (Phi) is 4.02. The molecule has 0 spiro atoms. The number of carbonyl (C=O) groups excluding carboxylic acids is 1. The molecule has 3 rings (SSSR count). The molecule has 1 N–H and O–H groups in total. The maximum atomic E-state index is 12.5. The van der Waals surface area contributed by atoms with Crippen LogP contribution in [0.2, 0.25) is 0 Å². The number of aromatic nitrogens is 2. The lowest BCUT2D eigenvalue weighted by Gasteiger charge is -2.10. The quantitative estimate of drug-likeness (QED) is 0.803. The van der Waals surface area contributed by atoms with E-state index in [2.05, 4.69) is 17.2 Å². The lowest BCUT2D eigenvalue weighted by atomic mass is 10.2. The number of carbonyl (C=O) groups is 1. The maximum Gasteiger partial charge on any atom is 0.257 e. The highest BCUT2D eigenvalue weighted by Crippen LogP contribution is 2.24. The first kappa shape index (κ1) is 15.1. The van der Waals surface area contributed by atoms with Gasteiger partial charge < -0.3 is 14.5 Å². The van der Waals surface area contributed by atoms with Gasteiger partial charge >= 0.3 is 0 Å². The zero-order valence-electron chi connectivity index (χ0n) is 13.5. The molecule has 0 saturated carbocycles. The van der Waals surface area contributed by atoms with E-state index >= 15 is 0 Å². The van der Waals surface area contributed by atoms with E-state index in [-0.39, 0.29) is 5.91 Å². The van der Waals surface area contributed by atoms with Crippen LogP contribution in [0.15, 0.2) is 42.6 Å². The molecule has 0 radical (unpaired) electrons. The van der Waals surface area contributed by atoms with Gasteiger partial charge in [-0.05, 0) is 37.6 Å². The number of nitrogens with one attached hydrogen (secondary N) is 1. The SMILES string of the molecule is CCc1nc2ccc(C(=O)Nc3ccccc3OC)cn2c1C. The van der Waals surface area contributed by atoms with Crippen molar-refractivity contribution in [2.45, 2.75) is 20.3 Å². The Morgan fingerprint density at radius 3 is 2.78 bits per heavy atom.